The van der Waals surface area contributed by atoms with Gasteiger partial charge in [-0.1, -0.05) is 24.3 Å². The predicted molar refractivity (Wildman–Crippen MR) is 105 cm³/mol. The van der Waals surface area contributed by atoms with E-state index in [4.69, 9.17) is 20.3 Å². The minimum absolute atomic E-state index is 0.0467. The number of carbonyl (C=O) groups is 1. The molecule has 2 unspecified atom stereocenters. The average Bonchev–Trinajstić information content (AvgIpc) is 3.13. The van der Waals surface area contributed by atoms with Gasteiger partial charge in [0.2, 0.25) is 12.7 Å². The molecular formula is C21H24N4O3. The molecule has 1 aromatic rings. The number of ketones is 1. The molecular weight excluding hydrogens is 356 g/mol. The number of fused-ring (bicyclic) bond motifs is 3. The van der Waals surface area contributed by atoms with Crippen LogP contribution in [0.3, 0.4) is 0 Å². The number of hydrogen-bond acceptors (Lipinski definition) is 7. The van der Waals surface area contributed by atoms with Gasteiger partial charge in [0, 0.05) is 35.2 Å². The Bertz CT molecular complexity index is 949. The van der Waals surface area contributed by atoms with Crippen molar-refractivity contribution in [3.8, 4) is 0 Å². The number of carbonyl (C=O) groups excluding carboxylic acids is 1. The number of benzene rings is 1. The van der Waals surface area contributed by atoms with Crippen molar-refractivity contribution in [2.45, 2.75) is 24.8 Å². The van der Waals surface area contributed by atoms with E-state index >= 15 is 0 Å². The maximum atomic E-state index is 13.2. The second-order valence-corrected chi connectivity index (χ2v) is 8.08. The number of aliphatic imine (C=N–C) groups is 1. The van der Waals surface area contributed by atoms with E-state index in [2.05, 4.69) is 4.90 Å². The van der Waals surface area contributed by atoms with Crippen LogP contribution in [0.1, 0.15) is 30.4 Å². The molecule has 1 aromatic carbocycles. The summed E-state index contributed by atoms with van der Waals surface area (Å²) in [6.07, 6.45) is 3.64. The second kappa shape index (κ2) is 6.18. The summed E-state index contributed by atoms with van der Waals surface area (Å²) in [6.45, 7) is 1.03. The van der Waals surface area contributed by atoms with Crippen molar-refractivity contribution in [1.82, 2.24) is 9.96 Å². The van der Waals surface area contributed by atoms with Gasteiger partial charge in [0.25, 0.3) is 0 Å². The number of ether oxygens (including phenoxy) is 1. The number of hydroxylamine groups is 2. The van der Waals surface area contributed by atoms with E-state index in [9.17, 15) is 4.79 Å². The molecule has 1 spiro atoms. The molecule has 3 heterocycles. The quantitative estimate of drug-likeness (QED) is 0.862. The van der Waals surface area contributed by atoms with E-state index in [1.54, 1.807) is 5.06 Å². The van der Waals surface area contributed by atoms with E-state index in [0.29, 0.717) is 24.6 Å². The van der Waals surface area contributed by atoms with Crippen molar-refractivity contribution in [3.05, 3.63) is 53.0 Å². The molecule has 3 aliphatic heterocycles. The van der Waals surface area contributed by atoms with Gasteiger partial charge in [-0.15, -0.1) is 0 Å². The van der Waals surface area contributed by atoms with Crippen LogP contribution in [0.2, 0.25) is 0 Å². The smallest absolute Gasteiger partial charge is 0.222 e. The molecule has 5 rings (SSSR count). The summed E-state index contributed by atoms with van der Waals surface area (Å²) < 4.78 is 5.81. The molecule has 7 heteroatoms. The lowest BCUT2D eigenvalue weighted by Gasteiger charge is -2.46. The molecule has 1 saturated carbocycles. The van der Waals surface area contributed by atoms with Gasteiger partial charge in [-0.2, -0.15) is 5.06 Å². The third-order valence-corrected chi connectivity index (χ3v) is 6.10. The van der Waals surface area contributed by atoms with Crippen LogP contribution < -0.4 is 5.73 Å². The van der Waals surface area contributed by atoms with Gasteiger partial charge >= 0.3 is 0 Å². The minimum Gasteiger partial charge on any atom is -0.448 e. The normalized spacial score (nSPS) is 28.2. The fraction of sp³-hybridized carbons (Fsp3) is 0.429. The van der Waals surface area contributed by atoms with Crippen molar-refractivity contribution in [3.63, 3.8) is 0 Å². The minimum atomic E-state index is -0.788. The highest BCUT2D eigenvalue weighted by atomic mass is 16.8. The maximum absolute atomic E-state index is 13.2. The number of hydrogen-bond donors (Lipinski definition) is 1. The highest BCUT2D eigenvalue weighted by molar-refractivity contribution is 6.08. The Balaban J connectivity index is 1.64. The fourth-order valence-electron chi connectivity index (χ4n) is 4.70. The van der Waals surface area contributed by atoms with Gasteiger partial charge < -0.3 is 15.4 Å². The van der Waals surface area contributed by atoms with Gasteiger partial charge in [0.1, 0.15) is 17.2 Å². The van der Waals surface area contributed by atoms with E-state index in [1.165, 1.54) is 0 Å². The summed E-state index contributed by atoms with van der Waals surface area (Å²) in [5, 5.41) is 1.69. The van der Waals surface area contributed by atoms with E-state index in [-0.39, 0.29) is 18.5 Å². The van der Waals surface area contributed by atoms with E-state index in [0.717, 1.165) is 35.2 Å². The van der Waals surface area contributed by atoms with Gasteiger partial charge in [-0.25, -0.2) is 4.84 Å². The van der Waals surface area contributed by atoms with Crippen molar-refractivity contribution in [1.29, 1.82) is 0 Å². The van der Waals surface area contributed by atoms with Crippen LogP contribution in [0.4, 0.5) is 0 Å². The van der Waals surface area contributed by atoms with Gasteiger partial charge in [-0.05, 0) is 39.0 Å². The predicted octanol–water partition coefficient (Wildman–Crippen LogP) is 1.86. The molecule has 0 amide bonds. The zero-order chi connectivity index (χ0) is 19.5. The molecule has 0 bridgehead atoms. The SMILES string of the molecule is CN(C)CCC1CC2=C3OCON3C=C3c4ccccc4C(N)=NC32CC1=O. The van der Waals surface area contributed by atoms with Crippen LogP contribution in [-0.4, -0.2) is 54.6 Å². The first-order valence-electron chi connectivity index (χ1n) is 9.63. The first-order valence-corrected chi connectivity index (χ1v) is 9.63. The third-order valence-electron chi connectivity index (χ3n) is 6.10. The Morgan fingerprint density at radius 1 is 1.32 bits per heavy atom. The Labute approximate surface area is 164 Å². The molecule has 1 saturated heterocycles. The highest BCUT2D eigenvalue weighted by Crippen LogP contribution is 2.54. The molecule has 0 radical (unpaired) electrons. The molecule has 1 aliphatic carbocycles. The molecule has 2 fully saturated rings. The van der Waals surface area contributed by atoms with Crippen LogP contribution in [0, 0.1) is 5.92 Å². The maximum Gasteiger partial charge on any atom is 0.222 e. The highest BCUT2D eigenvalue weighted by Gasteiger charge is 2.54. The molecule has 4 aliphatic rings. The van der Waals surface area contributed by atoms with E-state index in [1.807, 2.05) is 44.6 Å². The summed E-state index contributed by atoms with van der Waals surface area (Å²) in [5.41, 5.74) is 9.44. The first-order chi connectivity index (χ1) is 13.5. The Morgan fingerprint density at radius 3 is 2.89 bits per heavy atom. The lowest BCUT2D eigenvalue weighted by Crippen LogP contribution is -2.49. The zero-order valence-corrected chi connectivity index (χ0v) is 16.1. The van der Waals surface area contributed by atoms with Crippen LogP contribution in [-0.2, 0) is 14.4 Å². The van der Waals surface area contributed by atoms with Crippen LogP contribution in [0.5, 0.6) is 0 Å². The number of Topliss-reactive ketones (excluding diaryl/α,β-unsaturated/α-hetero) is 1. The van der Waals surface area contributed by atoms with Gasteiger partial charge in [-0.3, -0.25) is 9.79 Å². The number of nitrogens with zero attached hydrogens (tertiary/aromatic N) is 3. The summed E-state index contributed by atoms with van der Waals surface area (Å²) in [5.74, 6) is 1.33. The molecule has 2 N–H and O–H groups in total. The van der Waals surface area contributed by atoms with Crippen molar-refractivity contribution < 1.29 is 14.4 Å². The summed E-state index contributed by atoms with van der Waals surface area (Å²) in [4.78, 5) is 25.8. The lowest BCUT2D eigenvalue weighted by molar-refractivity contribution is -0.125. The molecule has 28 heavy (non-hydrogen) atoms. The average molecular weight is 380 g/mol. The van der Waals surface area contributed by atoms with Crippen LogP contribution >= 0.6 is 0 Å². The van der Waals surface area contributed by atoms with E-state index < -0.39 is 5.54 Å². The second-order valence-electron chi connectivity index (χ2n) is 8.08. The summed E-state index contributed by atoms with van der Waals surface area (Å²) in [7, 11) is 4.05. The fourth-order valence-corrected chi connectivity index (χ4v) is 4.70. The Kier molecular flexibility index (Phi) is 3.86. The van der Waals surface area contributed by atoms with Gasteiger partial charge in [0.15, 0.2) is 0 Å². The molecule has 2 atom stereocenters. The van der Waals surface area contributed by atoms with Crippen molar-refractivity contribution >= 4 is 17.2 Å². The number of amidine groups is 1. The Morgan fingerprint density at radius 2 is 2.11 bits per heavy atom. The number of rotatable bonds is 3. The summed E-state index contributed by atoms with van der Waals surface area (Å²) in [6, 6.07) is 7.93. The standard InChI is InChI=1S/C21H24N4O3/c1-24(2)8-7-13-9-16-20-25(28-12-27-20)11-17-14-5-3-4-6-15(14)19(22)23-21(16,17)10-18(13)26/h3-6,11,13H,7-10,12H2,1-2H3,(H2,22,23). The van der Waals surface area contributed by atoms with Crippen molar-refractivity contribution in [2.24, 2.45) is 16.6 Å². The van der Waals surface area contributed by atoms with Crippen LogP contribution in [0.15, 0.2) is 46.9 Å². The number of nitrogens with two attached hydrogens (primary N) is 1. The molecule has 0 aromatic heterocycles. The van der Waals surface area contributed by atoms with Crippen LogP contribution in [0.25, 0.3) is 5.57 Å². The summed E-state index contributed by atoms with van der Waals surface area (Å²) >= 11 is 0. The third kappa shape index (κ3) is 2.43. The monoisotopic (exact) mass is 380 g/mol. The largest absolute Gasteiger partial charge is 0.448 e. The van der Waals surface area contributed by atoms with Crippen molar-refractivity contribution in [2.75, 3.05) is 27.4 Å². The van der Waals surface area contributed by atoms with Gasteiger partial charge in [0.05, 0.1) is 0 Å². The first kappa shape index (κ1) is 17.5. The molecule has 146 valence electrons. The topological polar surface area (TPSA) is 80.4 Å². The zero-order valence-electron chi connectivity index (χ0n) is 16.1. The lowest BCUT2D eigenvalue weighted by atomic mass is 9.64. The molecule has 7 nitrogen and oxygen atoms in total. The Hall–Kier alpha value is -2.64.